The first-order valence-electron chi connectivity index (χ1n) is 11.7. The maximum absolute atomic E-state index is 13.2. The minimum absolute atomic E-state index is 0.00425. The zero-order valence-electron chi connectivity index (χ0n) is 19.9. The Labute approximate surface area is 208 Å². The summed E-state index contributed by atoms with van der Waals surface area (Å²) in [4.78, 5) is 14.0. The number of morpholine rings is 1. The van der Waals surface area contributed by atoms with Crippen LogP contribution in [-0.2, 0) is 9.53 Å². The van der Waals surface area contributed by atoms with E-state index >= 15 is 0 Å². The van der Waals surface area contributed by atoms with Gasteiger partial charge in [-0.05, 0) is 59.7 Å². The molecule has 3 aromatic carbocycles. The van der Waals surface area contributed by atoms with E-state index < -0.39 is 0 Å². The Hall–Kier alpha value is -4.17. The molecule has 8 heteroatoms. The molecule has 4 aromatic rings. The van der Waals surface area contributed by atoms with Crippen molar-refractivity contribution in [1.29, 1.82) is 0 Å². The van der Waals surface area contributed by atoms with Crippen molar-refractivity contribution >= 4 is 5.91 Å². The van der Waals surface area contributed by atoms with E-state index in [0.717, 1.165) is 28.1 Å². The number of rotatable bonds is 7. The van der Waals surface area contributed by atoms with Crippen LogP contribution in [0.5, 0.6) is 11.6 Å². The normalized spacial score (nSPS) is 13.4. The van der Waals surface area contributed by atoms with Crippen LogP contribution in [0.4, 0.5) is 4.39 Å². The van der Waals surface area contributed by atoms with Crippen molar-refractivity contribution in [2.75, 3.05) is 40.0 Å². The van der Waals surface area contributed by atoms with Crippen LogP contribution in [0.3, 0.4) is 0 Å². The number of aromatic nitrogens is 2. The lowest BCUT2D eigenvalue weighted by atomic mass is 10.1. The molecule has 0 bridgehead atoms. The highest BCUT2D eigenvalue weighted by Gasteiger charge is 2.17. The molecule has 1 aliphatic rings. The molecule has 1 aliphatic heterocycles. The Balaban J connectivity index is 1.28. The quantitative estimate of drug-likeness (QED) is 0.382. The Morgan fingerprint density at radius 1 is 0.917 bits per heavy atom. The standard InChI is InChI=1S/C28H26FN3O4/c1-34-28-18-26(22-6-12-25(13-7-22)36-19-27(33)31-14-16-35-17-15-31)30-32(28)24-10-4-21(5-11-24)20-2-8-23(29)9-3-20/h2-13,18H,14-17,19H2,1H3. The maximum Gasteiger partial charge on any atom is 0.260 e. The van der Waals surface area contributed by atoms with E-state index in [1.807, 2.05) is 54.6 Å². The number of nitrogens with zero attached hydrogens (tertiary/aromatic N) is 3. The van der Waals surface area contributed by atoms with Crippen LogP contribution in [0.15, 0.2) is 78.9 Å². The largest absolute Gasteiger partial charge is 0.484 e. The SMILES string of the molecule is COc1cc(-c2ccc(OCC(=O)N3CCOCC3)cc2)nn1-c1ccc(-c2ccc(F)cc2)cc1. The third kappa shape index (κ3) is 5.23. The summed E-state index contributed by atoms with van der Waals surface area (Å²) in [5.74, 6) is 0.903. The molecule has 7 nitrogen and oxygen atoms in total. The fraction of sp³-hybridized carbons (Fsp3) is 0.214. The van der Waals surface area contributed by atoms with Crippen molar-refractivity contribution in [2.24, 2.45) is 0 Å². The highest BCUT2D eigenvalue weighted by Crippen LogP contribution is 2.29. The van der Waals surface area contributed by atoms with E-state index in [1.54, 1.807) is 28.8 Å². The Morgan fingerprint density at radius 2 is 1.53 bits per heavy atom. The Kier molecular flexibility index (Phi) is 6.95. The van der Waals surface area contributed by atoms with E-state index in [4.69, 9.17) is 19.3 Å². The molecule has 0 N–H and O–H groups in total. The topological polar surface area (TPSA) is 65.8 Å². The molecule has 1 amide bonds. The molecular weight excluding hydrogens is 461 g/mol. The summed E-state index contributed by atoms with van der Waals surface area (Å²) in [5, 5.41) is 4.73. The summed E-state index contributed by atoms with van der Waals surface area (Å²) in [6, 6.07) is 23.5. The third-order valence-corrected chi connectivity index (χ3v) is 6.05. The van der Waals surface area contributed by atoms with Crippen LogP contribution < -0.4 is 9.47 Å². The first-order valence-corrected chi connectivity index (χ1v) is 11.7. The number of benzene rings is 3. The van der Waals surface area contributed by atoms with Gasteiger partial charge in [0.15, 0.2) is 6.61 Å². The second-order valence-electron chi connectivity index (χ2n) is 8.34. The molecule has 36 heavy (non-hydrogen) atoms. The van der Waals surface area contributed by atoms with Crippen LogP contribution in [0.25, 0.3) is 28.1 Å². The zero-order valence-corrected chi connectivity index (χ0v) is 19.9. The monoisotopic (exact) mass is 487 g/mol. The number of carbonyl (C=O) groups is 1. The number of halogens is 1. The molecule has 0 spiro atoms. The van der Waals surface area contributed by atoms with Gasteiger partial charge in [-0.1, -0.05) is 24.3 Å². The number of hydrogen-bond donors (Lipinski definition) is 0. The van der Waals surface area contributed by atoms with Crippen molar-refractivity contribution in [2.45, 2.75) is 0 Å². The lowest BCUT2D eigenvalue weighted by molar-refractivity contribution is -0.137. The summed E-state index contributed by atoms with van der Waals surface area (Å²) >= 11 is 0. The van der Waals surface area contributed by atoms with E-state index in [-0.39, 0.29) is 18.3 Å². The number of ether oxygens (including phenoxy) is 3. The summed E-state index contributed by atoms with van der Waals surface area (Å²) in [6.07, 6.45) is 0. The van der Waals surface area contributed by atoms with Gasteiger partial charge < -0.3 is 19.1 Å². The smallest absolute Gasteiger partial charge is 0.260 e. The second-order valence-corrected chi connectivity index (χ2v) is 8.34. The van der Waals surface area contributed by atoms with Gasteiger partial charge in [-0.15, -0.1) is 0 Å². The van der Waals surface area contributed by atoms with Crippen molar-refractivity contribution in [3.63, 3.8) is 0 Å². The predicted octanol–water partition coefficient (Wildman–Crippen LogP) is 4.59. The molecule has 1 fully saturated rings. The second kappa shape index (κ2) is 10.6. The fourth-order valence-corrected chi connectivity index (χ4v) is 4.04. The molecular formula is C28H26FN3O4. The van der Waals surface area contributed by atoms with Crippen molar-refractivity contribution < 1.29 is 23.4 Å². The van der Waals surface area contributed by atoms with Gasteiger partial charge >= 0.3 is 0 Å². The molecule has 1 saturated heterocycles. The van der Waals surface area contributed by atoms with E-state index in [1.165, 1.54) is 12.1 Å². The molecule has 0 aliphatic carbocycles. The fourth-order valence-electron chi connectivity index (χ4n) is 4.04. The first kappa shape index (κ1) is 23.6. The lowest BCUT2D eigenvalue weighted by Crippen LogP contribution is -2.42. The van der Waals surface area contributed by atoms with Crippen LogP contribution in [0, 0.1) is 5.82 Å². The summed E-state index contributed by atoms with van der Waals surface area (Å²) in [7, 11) is 1.60. The number of amides is 1. The minimum atomic E-state index is -0.259. The predicted molar refractivity (Wildman–Crippen MR) is 134 cm³/mol. The zero-order chi connectivity index (χ0) is 24.9. The van der Waals surface area contributed by atoms with Crippen molar-refractivity contribution in [3.8, 4) is 39.7 Å². The molecule has 1 aromatic heterocycles. The summed E-state index contributed by atoms with van der Waals surface area (Å²) in [6.45, 7) is 2.32. The van der Waals surface area contributed by atoms with Crippen LogP contribution >= 0.6 is 0 Å². The van der Waals surface area contributed by atoms with Gasteiger partial charge in [-0.3, -0.25) is 4.79 Å². The molecule has 5 rings (SSSR count). The number of hydrogen-bond acceptors (Lipinski definition) is 5. The summed E-state index contributed by atoms with van der Waals surface area (Å²) in [5.41, 5.74) is 4.38. The lowest BCUT2D eigenvalue weighted by Gasteiger charge is -2.26. The highest BCUT2D eigenvalue weighted by molar-refractivity contribution is 5.78. The van der Waals surface area contributed by atoms with Crippen LogP contribution in [0.2, 0.25) is 0 Å². The van der Waals surface area contributed by atoms with Gasteiger partial charge in [0.1, 0.15) is 11.6 Å². The third-order valence-electron chi connectivity index (χ3n) is 6.05. The van der Waals surface area contributed by atoms with Crippen molar-refractivity contribution in [3.05, 3.63) is 84.7 Å². The molecule has 2 heterocycles. The van der Waals surface area contributed by atoms with E-state index in [0.29, 0.717) is 37.9 Å². The van der Waals surface area contributed by atoms with Gasteiger partial charge in [0.05, 0.1) is 31.7 Å². The van der Waals surface area contributed by atoms with Gasteiger partial charge in [0.2, 0.25) is 5.88 Å². The average Bonchev–Trinajstić information content (AvgIpc) is 3.38. The van der Waals surface area contributed by atoms with Crippen LogP contribution in [-0.4, -0.2) is 60.6 Å². The highest BCUT2D eigenvalue weighted by atomic mass is 19.1. The Bertz CT molecular complexity index is 1310. The number of carbonyl (C=O) groups excluding carboxylic acids is 1. The van der Waals surface area contributed by atoms with Crippen molar-refractivity contribution in [1.82, 2.24) is 14.7 Å². The Morgan fingerprint density at radius 3 is 2.17 bits per heavy atom. The minimum Gasteiger partial charge on any atom is -0.484 e. The van der Waals surface area contributed by atoms with Gasteiger partial charge in [-0.2, -0.15) is 5.10 Å². The number of methoxy groups -OCH3 is 1. The van der Waals surface area contributed by atoms with E-state index in [2.05, 4.69) is 0 Å². The maximum atomic E-state index is 13.2. The van der Waals surface area contributed by atoms with Crippen LogP contribution in [0.1, 0.15) is 0 Å². The molecule has 0 unspecified atom stereocenters. The molecule has 0 saturated carbocycles. The average molecular weight is 488 g/mol. The van der Waals surface area contributed by atoms with Gasteiger partial charge in [0.25, 0.3) is 5.91 Å². The van der Waals surface area contributed by atoms with Gasteiger partial charge in [-0.25, -0.2) is 9.07 Å². The molecule has 0 atom stereocenters. The van der Waals surface area contributed by atoms with Gasteiger partial charge in [0, 0.05) is 24.7 Å². The van der Waals surface area contributed by atoms with E-state index in [9.17, 15) is 9.18 Å². The summed E-state index contributed by atoms with van der Waals surface area (Å²) < 4.78 is 31.5. The molecule has 184 valence electrons. The first-order chi connectivity index (χ1) is 17.6. The molecule has 0 radical (unpaired) electrons.